The summed E-state index contributed by atoms with van der Waals surface area (Å²) in [5, 5.41) is 12.7. The molecule has 3 N–H and O–H groups in total. The van der Waals surface area contributed by atoms with E-state index in [-0.39, 0.29) is 5.84 Å². The molecular weight excluding hydrogens is 226 g/mol. The zero-order valence-corrected chi connectivity index (χ0v) is 9.54. The van der Waals surface area contributed by atoms with E-state index < -0.39 is 0 Å². The summed E-state index contributed by atoms with van der Waals surface area (Å²) in [6.45, 7) is 0. The Labute approximate surface area is 103 Å². The molecule has 0 aliphatic rings. The van der Waals surface area contributed by atoms with Gasteiger partial charge in [0, 0.05) is 17.1 Å². The highest BCUT2D eigenvalue weighted by Gasteiger charge is 2.05. The SMILES string of the molecule is N=C(N)c1ccc(-n2ncc3ccccc32)nc1. The van der Waals surface area contributed by atoms with Crippen LogP contribution in [0.25, 0.3) is 16.7 Å². The van der Waals surface area contributed by atoms with Gasteiger partial charge in [0.15, 0.2) is 5.82 Å². The molecule has 0 atom stereocenters. The minimum atomic E-state index is 0.0133. The van der Waals surface area contributed by atoms with Gasteiger partial charge in [-0.2, -0.15) is 5.10 Å². The number of hydrogen-bond acceptors (Lipinski definition) is 3. The number of nitrogens with zero attached hydrogens (tertiary/aromatic N) is 3. The van der Waals surface area contributed by atoms with E-state index in [0.717, 1.165) is 10.9 Å². The van der Waals surface area contributed by atoms with Gasteiger partial charge in [-0.25, -0.2) is 9.67 Å². The van der Waals surface area contributed by atoms with Gasteiger partial charge in [-0.3, -0.25) is 5.41 Å². The molecule has 3 rings (SSSR count). The maximum atomic E-state index is 7.33. The maximum absolute atomic E-state index is 7.33. The molecule has 0 aliphatic carbocycles. The number of amidine groups is 1. The van der Waals surface area contributed by atoms with E-state index in [9.17, 15) is 0 Å². The molecule has 2 aromatic heterocycles. The molecule has 0 saturated heterocycles. The van der Waals surface area contributed by atoms with Crippen LogP contribution >= 0.6 is 0 Å². The first-order valence-electron chi connectivity index (χ1n) is 5.49. The second kappa shape index (κ2) is 3.96. The summed E-state index contributed by atoms with van der Waals surface area (Å²) in [4.78, 5) is 4.27. The number of fused-ring (bicyclic) bond motifs is 1. The lowest BCUT2D eigenvalue weighted by atomic mass is 10.2. The van der Waals surface area contributed by atoms with Gasteiger partial charge < -0.3 is 5.73 Å². The lowest BCUT2D eigenvalue weighted by Crippen LogP contribution is -2.11. The van der Waals surface area contributed by atoms with Crippen molar-refractivity contribution in [2.75, 3.05) is 0 Å². The van der Waals surface area contributed by atoms with Crippen LogP contribution in [0.4, 0.5) is 0 Å². The number of benzene rings is 1. The van der Waals surface area contributed by atoms with Gasteiger partial charge in [-0.05, 0) is 18.2 Å². The Morgan fingerprint density at radius 3 is 2.67 bits per heavy atom. The van der Waals surface area contributed by atoms with Gasteiger partial charge in [0.05, 0.1) is 11.7 Å². The monoisotopic (exact) mass is 237 g/mol. The second-order valence-electron chi connectivity index (χ2n) is 3.93. The van der Waals surface area contributed by atoms with Crippen molar-refractivity contribution in [1.82, 2.24) is 14.8 Å². The summed E-state index contributed by atoms with van der Waals surface area (Å²) < 4.78 is 1.76. The smallest absolute Gasteiger partial charge is 0.154 e. The van der Waals surface area contributed by atoms with E-state index in [0.29, 0.717) is 11.4 Å². The molecule has 1 aromatic carbocycles. The van der Waals surface area contributed by atoms with Crippen LogP contribution in [-0.4, -0.2) is 20.6 Å². The average molecular weight is 237 g/mol. The van der Waals surface area contributed by atoms with Crippen LogP contribution < -0.4 is 5.73 Å². The van der Waals surface area contributed by atoms with Crippen molar-refractivity contribution in [3.8, 4) is 5.82 Å². The summed E-state index contributed by atoms with van der Waals surface area (Å²) in [6.07, 6.45) is 3.38. The van der Waals surface area contributed by atoms with Gasteiger partial charge in [-0.1, -0.05) is 18.2 Å². The third kappa shape index (κ3) is 1.62. The first-order chi connectivity index (χ1) is 8.75. The summed E-state index contributed by atoms with van der Waals surface area (Å²) in [5.41, 5.74) is 7.00. The molecule has 3 aromatic rings. The molecule has 0 saturated carbocycles. The van der Waals surface area contributed by atoms with Crippen molar-refractivity contribution < 1.29 is 0 Å². The van der Waals surface area contributed by atoms with Crippen LogP contribution in [0.15, 0.2) is 48.8 Å². The largest absolute Gasteiger partial charge is 0.384 e. The number of hydrogen-bond donors (Lipinski definition) is 2. The highest BCUT2D eigenvalue weighted by atomic mass is 15.3. The molecule has 18 heavy (non-hydrogen) atoms. The number of para-hydroxylation sites is 1. The van der Waals surface area contributed by atoms with Crippen molar-refractivity contribution in [1.29, 1.82) is 5.41 Å². The van der Waals surface area contributed by atoms with Gasteiger partial charge in [0.2, 0.25) is 0 Å². The Bertz CT molecular complexity index is 712. The van der Waals surface area contributed by atoms with E-state index in [2.05, 4.69) is 10.1 Å². The Morgan fingerprint density at radius 1 is 1.11 bits per heavy atom. The average Bonchev–Trinajstić information content (AvgIpc) is 2.82. The molecule has 0 amide bonds. The van der Waals surface area contributed by atoms with E-state index in [1.165, 1.54) is 0 Å². The van der Waals surface area contributed by atoms with Crippen molar-refractivity contribution in [2.24, 2.45) is 5.73 Å². The highest BCUT2D eigenvalue weighted by molar-refractivity contribution is 5.94. The number of rotatable bonds is 2. The minimum absolute atomic E-state index is 0.0133. The Kier molecular flexibility index (Phi) is 2.30. The molecule has 2 heterocycles. The van der Waals surface area contributed by atoms with Crippen LogP contribution in [0.2, 0.25) is 0 Å². The third-order valence-corrected chi connectivity index (χ3v) is 2.75. The Morgan fingerprint density at radius 2 is 1.94 bits per heavy atom. The standard InChI is InChI=1S/C13H11N5/c14-13(15)10-5-6-12(16-7-10)18-11-4-2-1-3-9(11)8-17-18/h1-8H,(H3,14,15). The fraction of sp³-hybridized carbons (Fsp3) is 0. The Balaban J connectivity index is 2.12. The molecule has 5 heteroatoms. The topological polar surface area (TPSA) is 80.6 Å². The van der Waals surface area contributed by atoms with Gasteiger partial charge in [0.1, 0.15) is 5.84 Å². The van der Waals surface area contributed by atoms with Crippen LogP contribution in [0.3, 0.4) is 0 Å². The van der Waals surface area contributed by atoms with E-state index in [1.54, 1.807) is 29.2 Å². The number of nitrogen functional groups attached to an aromatic ring is 1. The van der Waals surface area contributed by atoms with Crippen molar-refractivity contribution >= 4 is 16.7 Å². The molecular formula is C13H11N5. The van der Waals surface area contributed by atoms with Gasteiger partial charge in [0.25, 0.3) is 0 Å². The predicted octanol–water partition coefficient (Wildman–Crippen LogP) is 1.70. The lowest BCUT2D eigenvalue weighted by molar-refractivity contribution is 0.874. The van der Waals surface area contributed by atoms with Crippen molar-refractivity contribution in [3.05, 3.63) is 54.4 Å². The lowest BCUT2D eigenvalue weighted by Gasteiger charge is -2.03. The summed E-state index contributed by atoms with van der Waals surface area (Å²) in [6, 6.07) is 11.5. The molecule has 0 radical (unpaired) electrons. The first kappa shape index (κ1) is 10.5. The van der Waals surface area contributed by atoms with Crippen LogP contribution in [0, 0.1) is 5.41 Å². The number of aromatic nitrogens is 3. The van der Waals surface area contributed by atoms with Gasteiger partial charge in [-0.15, -0.1) is 0 Å². The van der Waals surface area contributed by atoms with Crippen molar-refractivity contribution in [3.63, 3.8) is 0 Å². The third-order valence-electron chi connectivity index (χ3n) is 2.75. The molecule has 0 unspecified atom stereocenters. The maximum Gasteiger partial charge on any atom is 0.154 e. The number of pyridine rings is 1. The molecule has 88 valence electrons. The Hall–Kier alpha value is -2.69. The van der Waals surface area contributed by atoms with E-state index in [4.69, 9.17) is 11.1 Å². The summed E-state index contributed by atoms with van der Waals surface area (Å²) in [7, 11) is 0. The fourth-order valence-electron chi connectivity index (χ4n) is 1.82. The molecule has 5 nitrogen and oxygen atoms in total. The summed E-state index contributed by atoms with van der Waals surface area (Å²) in [5.74, 6) is 0.723. The number of nitrogens with one attached hydrogen (secondary N) is 1. The van der Waals surface area contributed by atoms with Crippen LogP contribution in [-0.2, 0) is 0 Å². The van der Waals surface area contributed by atoms with Crippen LogP contribution in [0.5, 0.6) is 0 Å². The fourth-order valence-corrected chi connectivity index (χ4v) is 1.82. The van der Waals surface area contributed by atoms with Gasteiger partial charge >= 0.3 is 0 Å². The molecule has 0 spiro atoms. The zero-order chi connectivity index (χ0) is 12.5. The first-order valence-corrected chi connectivity index (χ1v) is 5.49. The normalized spacial score (nSPS) is 10.7. The second-order valence-corrected chi connectivity index (χ2v) is 3.93. The highest BCUT2D eigenvalue weighted by Crippen LogP contribution is 2.16. The minimum Gasteiger partial charge on any atom is -0.384 e. The van der Waals surface area contributed by atoms with E-state index in [1.807, 2.05) is 24.3 Å². The zero-order valence-electron chi connectivity index (χ0n) is 9.54. The van der Waals surface area contributed by atoms with E-state index >= 15 is 0 Å². The molecule has 0 aliphatic heterocycles. The molecule has 0 bridgehead atoms. The van der Waals surface area contributed by atoms with Crippen molar-refractivity contribution in [2.45, 2.75) is 0 Å². The predicted molar refractivity (Wildman–Crippen MR) is 69.9 cm³/mol. The molecule has 0 fully saturated rings. The van der Waals surface area contributed by atoms with Crippen LogP contribution in [0.1, 0.15) is 5.56 Å². The quantitative estimate of drug-likeness (QED) is 0.526. The summed E-state index contributed by atoms with van der Waals surface area (Å²) >= 11 is 0. The number of nitrogens with two attached hydrogens (primary N) is 1.